The predicted molar refractivity (Wildman–Crippen MR) is 100.0 cm³/mol. The number of aryl methyl sites for hydroxylation is 1. The highest BCUT2D eigenvalue weighted by molar-refractivity contribution is 6.07. The zero-order valence-corrected chi connectivity index (χ0v) is 15.5. The maximum absolute atomic E-state index is 12.9. The van der Waals surface area contributed by atoms with Crippen molar-refractivity contribution in [2.75, 3.05) is 11.4 Å². The number of aromatic nitrogens is 1. The maximum Gasteiger partial charge on any atom is 0.259 e. The second-order valence-corrected chi connectivity index (χ2v) is 7.05. The molecular weight excluding hydrogens is 314 g/mol. The van der Waals surface area contributed by atoms with Crippen LogP contribution in [0.15, 0.2) is 42.7 Å². The van der Waals surface area contributed by atoms with Crippen LogP contribution in [0.1, 0.15) is 54.0 Å². The Morgan fingerprint density at radius 3 is 2.40 bits per heavy atom. The minimum atomic E-state index is -0.353. The second kappa shape index (κ2) is 7.47. The fourth-order valence-electron chi connectivity index (χ4n) is 2.49. The average molecular weight is 339 g/mol. The molecule has 0 radical (unpaired) electrons. The summed E-state index contributed by atoms with van der Waals surface area (Å²) in [4.78, 5) is 31.0. The molecule has 0 saturated carbocycles. The van der Waals surface area contributed by atoms with Gasteiger partial charge < -0.3 is 10.2 Å². The fraction of sp³-hybridized carbons (Fsp3) is 0.350. The summed E-state index contributed by atoms with van der Waals surface area (Å²) < 4.78 is 0. The molecule has 0 unspecified atom stereocenters. The van der Waals surface area contributed by atoms with E-state index in [1.807, 2.05) is 58.9 Å². The molecule has 2 aromatic rings. The molecule has 2 rings (SSSR count). The highest BCUT2D eigenvalue weighted by Crippen LogP contribution is 2.19. The van der Waals surface area contributed by atoms with Gasteiger partial charge >= 0.3 is 0 Å². The van der Waals surface area contributed by atoms with Crippen LogP contribution >= 0.6 is 0 Å². The molecule has 0 fully saturated rings. The van der Waals surface area contributed by atoms with E-state index in [-0.39, 0.29) is 17.4 Å². The minimum Gasteiger partial charge on any atom is -0.347 e. The average Bonchev–Trinajstić information content (AvgIpc) is 2.54. The van der Waals surface area contributed by atoms with Crippen LogP contribution < -0.4 is 10.2 Å². The Morgan fingerprint density at radius 1 is 1.12 bits per heavy atom. The molecule has 0 spiro atoms. The molecule has 5 nitrogen and oxygen atoms in total. The van der Waals surface area contributed by atoms with Crippen LogP contribution in [0.5, 0.6) is 0 Å². The smallest absolute Gasteiger partial charge is 0.259 e. The molecule has 1 N–H and O–H groups in total. The van der Waals surface area contributed by atoms with Crippen molar-refractivity contribution < 1.29 is 9.59 Å². The third-order valence-corrected chi connectivity index (χ3v) is 3.61. The van der Waals surface area contributed by atoms with Gasteiger partial charge in [0.1, 0.15) is 0 Å². The molecule has 1 aromatic heterocycles. The minimum absolute atomic E-state index is 0.175. The standard InChI is InChI=1S/C20H25N3O2/c1-6-23(17-9-7-8-14(2)10-17)19(25)16-11-15(12-21-13-16)18(24)22-20(3,4)5/h7-13H,6H2,1-5H3,(H,22,24). The van der Waals surface area contributed by atoms with E-state index in [0.29, 0.717) is 17.7 Å². The third kappa shape index (κ3) is 4.89. The Kier molecular flexibility index (Phi) is 5.57. The molecule has 5 heteroatoms. The van der Waals surface area contributed by atoms with E-state index >= 15 is 0 Å². The number of carbonyl (C=O) groups is 2. The van der Waals surface area contributed by atoms with Crippen molar-refractivity contribution in [1.82, 2.24) is 10.3 Å². The topological polar surface area (TPSA) is 62.3 Å². The number of nitrogens with zero attached hydrogens (tertiary/aromatic N) is 2. The van der Waals surface area contributed by atoms with Gasteiger partial charge in [0.2, 0.25) is 0 Å². The van der Waals surface area contributed by atoms with Crippen LogP contribution in [0.2, 0.25) is 0 Å². The third-order valence-electron chi connectivity index (χ3n) is 3.61. The summed E-state index contributed by atoms with van der Waals surface area (Å²) in [7, 11) is 0. The largest absolute Gasteiger partial charge is 0.347 e. The number of hydrogen-bond acceptors (Lipinski definition) is 3. The van der Waals surface area contributed by atoms with Crippen LogP contribution in [0, 0.1) is 6.92 Å². The lowest BCUT2D eigenvalue weighted by Crippen LogP contribution is -2.40. The first kappa shape index (κ1) is 18.6. The Labute approximate surface area is 149 Å². The van der Waals surface area contributed by atoms with Gasteiger partial charge in [-0.15, -0.1) is 0 Å². The predicted octanol–water partition coefficient (Wildman–Crippen LogP) is 3.59. The Balaban J connectivity index is 2.29. The number of pyridine rings is 1. The Bertz CT molecular complexity index is 779. The van der Waals surface area contributed by atoms with Gasteiger partial charge in [0.05, 0.1) is 11.1 Å². The fourth-order valence-corrected chi connectivity index (χ4v) is 2.49. The Hall–Kier alpha value is -2.69. The van der Waals surface area contributed by atoms with Gasteiger partial charge in [0.25, 0.3) is 11.8 Å². The molecule has 1 heterocycles. The van der Waals surface area contributed by atoms with Gasteiger partial charge in [-0.25, -0.2) is 0 Å². The van der Waals surface area contributed by atoms with Crippen molar-refractivity contribution in [3.05, 3.63) is 59.4 Å². The summed E-state index contributed by atoms with van der Waals surface area (Å²) in [5, 5.41) is 2.88. The molecule has 0 bridgehead atoms. The van der Waals surface area contributed by atoms with Crippen molar-refractivity contribution in [3.63, 3.8) is 0 Å². The lowest BCUT2D eigenvalue weighted by atomic mass is 10.1. The monoisotopic (exact) mass is 339 g/mol. The van der Waals surface area contributed by atoms with Crippen molar-refractivity contribution in [2.24, 2.45) is 0 Å². The number of rotatable bonds is 4. The lowest BCUT2D eigenvalue weighted by molar-refractivity contribution is 0.0919. The summed E-state index contributed by atoms with van der Waals surface area (Å²) in [5.74, 6) is -0.417. The van der Waals surface area contributed by atoms with E-state index < -0.39 is 0 Å². The first-order chi connectivity index (χ1) is 11.7. The lowest BCUT2D eigenvalue weighted by Gasteiger charge is -2.22. The maximum atomic E-state index is 12.9. The molecule has 0 saturated heterocycles. The number of carbonyl (C=O) groups excluding carboxylic acids is 2. The zero-order chi connectivity index (χ0) is 18.6. The van der Waals surface area contributed by atoms with E-state index in [1.165, 1.54) is 12.4 Å². The molecule has 1 aromatic carbocycles. The molecule has 25 heavy (non-hydrogen) atoms. The normalized spacial score (nSPS) is 11.1. The summed E-state index contributed by atoms with van der Waals surface area (Å²) in [5.41, 5.74) is 2.33. The molecule has 132 valence electrons. The van der Waals surface area contributed by atoms with E-state index in [0.717, 1.165) is 11.3 Å². The van der Waals surface area contributed by atoms with Crippen molar-refractivity contribution in [2.45, 2.75) is 40.2 Å². The molecule has 0 aliphatic rings. The summed E-state index contributed by atoms with van der Waals surface area (Å²) in [6, 6.07) is 9.37. The molecule has 0 aliphatic heterocycles. The van der Waals surface area contributed by atoms with Crippen LogP contribution in [-0.4, -0.2) is 28.9 Å². The van der Waals surface area contributed by atoms with Crippen LogP contribution in [0.4, 0.5) is 5.69 Å². The molecule has 2 amide bonds. The first-order valence-electron chi connectivity index (χ1n) is 8.37. The first-order valence-corrected chi connectivity index (χ1v) is 8.37. The molecule has 0 atom stereocenters. The number of anilines is 1. The summed E-state index contributed by atoms with van der Waals surface area (Å²) >= 11 is 0. The van der Waals surface area contributed by atoms with Gasteiger partial charge in [-0.05, 0) is 58.4 Å². The highest BCUT2D eigenvalue weighted by Gasteiger charge is 2.20. The quantitative estimate of drug-likeness (QED) is 0.926. The van der Waals surface area contributed by atoms with Gasteiger partial charge in [0.15, 0.2) is 0 Å². The van der Waals surface area contributed by atoms with Crippen LogP contribution in [-0.2, 0) is 0 Å². The number of hydrogen-bond donors (Lipinski definition) is 1. The van der Waals surface area contributed by atoms with Crippen LogP contribution in [0.3, 0.4) is 0 Å². The summed E-state index contributed by atoms with van der Waals surface area (Å²) in [6.07, 6.45) is 2.97. The highest BCUT2D eigenvalue weighted by atomic mass is 16.2. The SMILES string of the molecule is CCN(C(=O)c1cncc(C(=O)NC(C)(C)C)c1)c1cccc(C)c1. The number of nitrogens with one attached hydrogen (secondary N) is 1. The van der Waals surface area contributed by atoms with Crippen LogP contribution in [0.25, 0.3) is 0 Å². The molecule has 0 aliphatic carbocycles. The van der Waals surface area contributed by atoms with E-state index in [1.54, 1.807) is 11.0 Å². The van der Waals surface area contributed by atoms with Crippen molar-refractivity contribution in [1.29, 1.82) is 0 Å². The van der Waals surface area contributed by atoms with E-state index in [2.05, 4.69) is 10.3 Å². The second-order valence-electron chi connectivity index (χ2n) is 7.05. The van der Waals surface area contributed by atoms with Gasteiger partial charge in [-0.3, -0.25) is 14.6 Å². The van der Waals surface area contributed by atoms with E-state index in [4.69, 9.17) is 0 Å². The Morgan fingerprint density at radius 2 is 1.80 bits per heavy atom. The van der Waals surface area contributed by atoms with Crippen molar-refractivity contribution in [3.8, 4) is 0 Å². The van der Waals surface area contributed by atoms with Gasteiger partial charge in [0, 0.05) is 30.2 Å². The zero-order valence-electron chi connectivity index (χ0n) is 15.5. The van der Waals surface area contributed by atoms with Gasteiger partial charge in [-0.1, -0.05) is 12.1 Å². The number of amides is 2. The number of benzene rings is 1. The van der Waals surface area contributed by atoms with Crippen molar-refractivity contribution >= 4 is 17.5 Å². The summed E-state index contributed by atoms with van der Waals surface area (Å²) in [6.45, 7) is 10.2. The molecular formula is C20H25N3O2. The van der Waals surface area contributed by atoms with Gasteiger partial charge in [-0.2, -0.15) is 0 Å². The van der Waals surface area contributed by atoms with E-state index in [9.17, 15) is 9.59 Å².